The lowest BCUT2D eigenvalue weighted by molar-refractivity contribution is -0.119. The van der Waals surface area contributed by atoms with Crippen LogP contribution in [0.5, 0.6) is 0 Å². The first-order chi connectivity index (χ1) is 15.4. The van der Waals surface area contributed by atoms with Gasteiger partial charge in [-0.2, -0.15) is 0 Å². The maximum atomic E-state index is 12.9. The number of esters is 1. The molecule has 0 saturated carbocycles. The zero-order valence-electron chi connectivity index (χ0n) is 18.0. The lowest BCUT2D eigenvalue weighted by Gasteiger charge is -2.14. The van der Waals surface area contributed by atoms with E-state index in [4.69, 9.17) is 16.3 Å². The van der Waals surface area contributed by atoms with Gasteiger partial charge >= 0.3 is 5.97 Å². The van der Waals surface area contributed by atoms with E-state index in [1.165, 1.54) is 6.07 Å². The fraction of sp³-hybridized carbons (Fsp3) is 0.192. The van der Waals surface area contributed by atoms with Crippen LogP contribution < -0.4 is 5.32 Å². The minimum absolute atomic E-state index is 0.100. The third kappa shape index (κ3) is 5.42. The van der Waals surface area contributed by atoms with Crippen LogP contribution in [0.4, 0.5) is 5.69 Å². The van der Waals surface area contributed by atoms with Crippen molar-refractivity contribution in [2.24, 2.45) is 0 Å². The van der Waals surface area contributed by atoms with Crippen LogP contribution in [0.25, 0.3) is 0 Å². The Hall–Kier alpha value is -3.44. The maximum absolute atomic E-state index is 12.9. The molecule has 0 fully saturated rings. The van der Waals surface area contributed by atoms with Gasteiger partial charge in [0.2, 0.25) is 0 Å². The van der Waals surface area contributed by atoms with Crippen LogP contribution in [0.15, 0.2) is 66.7 Å². The molecule has 6 heteroatoms. The van der Waals surface area contributed by atoms with Crippen LogP contribution >= 0.6 is 11.6 Å². The number of aryl methyl sites for hydroxylation is 2. The molecule has 0 saturated heterocycles. The van der Waals surface area contributed by atoms with Gasteiger partial charge in [-0.15, -0.1) is 0 Å². The average molecular weight is 450 g/mol. The summed E-state index contributed by atoms with van der Waals surface area (Å²) >= 11 is 5.89. The number of carbonyl (C=O) groups is 3. The van der Waals surface area contributed by atoms with Crippen molar-refractivity contribution < 1.29 is 19.1 Å². The van der Waals surface area contributed by atoms with E-state index >= 15 is 0 Å². The van der Waals surface area contributed by atoms with Gasteiger partial charge < -0.3 is 10.1 Å². The van der Waals surface area contributed by atoms with Gasteiger partial charge in [0, 0.05) is 21.8 Å². The van der Waals surface area contributed by atoms with E-state index in [2.05, 4.69) is 5.32 Å². The first kappa shape index (κ1) is 23.2. The summed E-state index contributed by atoms with van der Waals surface area (Å²) in [5, 5.41) is 3.37. The number of benzene rings is 3. The fourth-order valence-electron chi connectivity index (χ4n) is 3.40. The molecule has 0 unspecified atom stereocenters. The number of hydrogen-bond donors (Lipinski definition) is 1. The Labute approximate surface area is 192 Å². The van der Waals surface area contributed by atoms with Crippen LogP contribution in [0.3, 0.4) is 0 Å². The Morgan fingerprint density at radius 1 is 0.812 bits per heavy atom. The zero-order chi connectivity index (χ0) is 23.1. The highest BCUT2D eigenvalue weighted by atomic mass is 35.5. The van der Waals surface area contributed by atoms with Crippen LogP contribution in [0.2, 0.25) is 5.02 Å². The van der Waals surface area contributed by atoms with Crippen molar-refractivity contribution >= 4 is 34.9 Å². The lowest BCUT2D eigenvalue weighted by atomic mass is 9.98. The van der Waals surface area contributed by atoms with Gasteiger partial charge in [-0.25, -0.2) is 4.79 Å². The molecule has 1 N–H and O–H groups in total. The minimum Gasteiger partial charge on any atom is -0.452 e. The molecule has 164 valence electrons. The van der Waals surface area contributed by atoms with Gasteiger partial charge in [0.25, 0.3) is 5.91 Å². The van der Waals surface area contributed by atoms with Gasteiger partial charge in [-0.1, -0.05) is 61.8 Å². The molecule has 0 radical (unpaired) electrons. The van der Waals surface area contributed by atoms with Crippen molar-refractivity contribution in [3.05, 3.63) is 99.6 Å². The number of hydrogen-bond acceptors (Lipinski definition) is 4. The highest BCUT2D eigenvalue weighted by Gasteiger charge is 2.20. The molecule has 1 amide bonds. The van der Waals surface area contributed by atoms with Crippen molar-refractivity contribution in [3.8, 4) is 0 Å². The van der Waals surface area contributed by atoms with E-state index in [1.54, 1.807) is 42.5 Å². The van der Waals surface area contributed by atoms with E-state index in [0.29, 0.717) is 10.6 Å². The van der Waals surface area contributed by atoms with Gasteiger partial charge in [-0.3, -0.25) is 9.59 Å². The number of ether oxygens (including phenoxy) is 1. The molecule has 0 spiro atoms. The Morgan fingerprint density at radius 2 is 1.41 bits per heavy atom. The molecule has 0 aliphatic heterocycles. The van der Waals surface area contributed by atoms with Crippen LogP contribution in [0, 0.1) is 0 Å². The second kappa shape index (κ2) is 10.7. The largest absolute Gasteiger partial charge is 0.452 e. The van der Waals surface area contributed by atoms with Crippen molar-refractivity contribution in [2.45, 2.75) is 26.7 Å². The van der Waals surface area contributed by atoms with E-state index in [-0.39, 0.29) is 16.9 Å². The molecule has 3 aromatic carbocycles. The first-order valence-electron chi connectivity index (χ1n) is 10.4. The fourth-order valence-corrected chi connectivity index (χ4v) is 3.53. The van der Waals surface area contributed by atoms with E-state index < -0.39 is 18.5 Å². The van der Waals surface area contributed by atoms with Gasteiger partial charge in [0.15, 0.2) is 12.4 Å². The lowest BCUT2D eigenvalue weighted by Crippen LogP contribution is -2.23. The number of ketones is 1. The second-order valence-corrected chi connectivity index (χ2v) is 7.60. The summed E-state index contributed by atoms with van der Waals surface area (Å²) in [6, 6.07) is 18.6. The van der Waals surface area contributed by atoms with E-state index in [1.807, 2.05) is 32.0 Å². The van der Waals surface area contributed by atoms with Crippen molar-refractivity contribution in [1.82, 2.24) is 0 Å². The molecule has 0 aromatic heterocycles. The number of carbonyl (C=O) groups excluding carboxylic acids is 3. The summed E-state index contributed by atoms with van der Waals surface area (Å²) in [4.78, 5) is 38.0. The number of rotatable bonds is 8. The summed E-state index contributed by atoms with van der Waals surface area (Å²) in [7, 11) is 0. The third-order valence-corrected chi connectivity index (χ3v) is 5.35. The molecular weight excluding hydrogens is 426 g/mol. The van der Waals surface area contributed by atoms with Crippen LogP contribution in [-0.2, 0) is 22.4 Å². The number of halogens is 1. The molecule has 32 heavy (non-hydrogen) atoms. The predicted octanol–water partition coefficient (Wildman–Crippen LogP) is 5.49. The van der Waals surface area contributed by atoms with E-state index in [9.17, 15) is 14.4 Å². The summed E-state index contributed by atoms with van der Waals surface area (Å²) in [5.41, 5.74) is 3.49. The highest BCUT2D eigenvalue weighted by molar-refractivity contribution is 6.30. The van der Waals surface area contributed by atoms with Crippen molar-refractivity contribution in [2.75, 3.05) is 11.9 Å². The number of amides is 1. The van der Waals surface area contributed by atoms with Crippen molar-refractivity contribution in [3.63, 3.8) is 0 Å². The third-order valence-electron chi connectivity index (χ3n) is 5.10. The summed E-state index contributed by atoms with van der Waals surface area (Å²) in [6.45, 7) is 3.57. The topological polar surface area (TPSA) is 72.5 Å². The van der Waals surface area contributed by atoms with Gasteiger partial charge in [-0.05, 0) is 54.3 Å². The number of para-hydroxylation sites is 1. The molecule has 0 atom stereocenters. The van der Waals surface area contributed by atoms with Crippen LogP contribution in [-0.4, -0.2) is 24.3 Å². The Bertz CT molecular complexity index is 1120. The standard InChI is InChI=1S/C26H24ClNO4/c1-3-17-8-7-9-18(4-2)24(17)28-23(29)16-32-26(31)22-11-6-5-10-21(22)25(30)19-12-14-20(27)15-13-19/h5-15H,3-4,16H2,1-2H3,(H,28,29). The molecule has 0 heterocycles. The number of anilines is 1. The molecule has 0 aliphatic rings. The molecule has 3 aromatic rings. The average Bonchev–Trinajstić information content (AvgIpc) is 2.82. The van der Waals surface area contributed by atoms with Crippen molar-refractivity contribution in [1.29, 1.82) is 0 Å². The number of nitrogens with one attached hydrogen (secondary N) is 1. The smallest absolute Gasteiger partial charge is 0.339 e. The summed E-state index contributed by atoms with van der Waals surface area (Å²) in [5.74, 6) is -1.50. The monoisotopic (exact) mass is 449 g/mol. The molecule has 3 rings (SSSR count). The molecular formula is C26H24ClNO4. The van der Waals surface area contributed by atoms with E-state index in [0.717, 1.165) is 29.7 Å². The Balaban J connectivity index is 1.72. The second-order valence-electron chi connectivity index (χ2n) is 7.16. The Morgan fingerprint density at radius 3 is 2.00 bits per heavy atom. The molecule has 5 nitrogen and oxygen atoms in total. The first-order valence-corrected chi connectivity index (χ1v) is 10.8. The SMILES string of the molecule is CCc1cccc(CC)c1NC(=O)COC(=O)c1ccccc1C(=O)c1ccc(Cl)cc1. The normalized spacial score (nSPS) is 10.5. The van der Waals surface area contributed by atoms with Crippen LogP contribution in [0.1, 0.15) is 51.3 Å². The molecule has 0 aliphatic carbocycles. The zero-order valence-corrected chi connectivity index (χ0v) is 18.7. The Kier molecular flexibility index (Phi) is 7.79. The summed E-state index contributed by atoms with van der Waals surface area (Å²) < 4.78 is 5.23. The summed E-state index contributed by atoms with van der Waals surface area (Å²) in [6.07, 6.45) is 1.53. The minimum atomic E-state index is -0.738. The molecule has 0 bridgehead atoms. The maximum Gasteiger partial charge on any atom is 0.339 e. The van der Waals surface area contributed by atoms with Gasteiger partial charge in [0.1, 0.15) is 0 Å². The quantitative estimate of drug-likeness (QED) is 0.364. The highest BCUT2D eigenvalue weighted by Crippen LogP contribution is 2.23. The predicted molar refractivity (Wildman–Crippen MR) is 125 cm³/mol. The van der Waals surface area contributed by atoms with Gasteiger partial charge in [0.05, 0.1) is 5.56 Å².